The zero-order valence-corrected chi connectivity index (χ0v) is 11.6. The van der Waals surface area contributed by atoms with Gasteiger partial charge in [0.15, 0.2) is 0 Å². The summed E-state index contributed by atoms with van der Waals surface area (Å²) in [6.07, 6.45) is 3.40. The molecule has 1 saturated heterocycles. The summed E-state index contributed by atoms with van der Waals surface area (Å²) in [4.78, 5) is 25.5. The van der Waals surface area contributed by atoms with Crippen LogP contribution < -0.4 is 5.32 Å². The third kappa shape index (κ3) is 4.55. The van der Waals surface area contributed by atoms with Crippen molar-refractivity contribution in [3.8, 4) is 0 Å². The molecule has 1 heterocycles. The van der Waals surface area contributed by atoms with Crippen LogP contribution in [0.2, 0.25) is 0 Å². The Morgan fingerprint density at radius 1 is 1.22 bits per heavy atom. The predicted octanol–water partition coefficient (Wildman–Crippen LogP) is 1.77. The van der Waals surface area contributed by atoms with Crippen LogP contribution in [0.5, 0.6) is 0 Å². The van der Waals surface area contributed by atoms with Crippen LogP contribution in [-0.4, -0.2) is 43.1 Å². The SMILES string of the molecule is COC(=O)N[C@H](CC(C)C)C(=O)N1CCCCC1. The Balaban J connectivity index is 2.61. The zero-order chi connectivity index (χ0) is 13.5. The average Bonchev–Trinajstić information content (AvgIpc) is 2.37. The van der Waals surface area contributed by atoms with Crippen molar-refractivity contribution in [2.24, 2.45) is 5.92 Å². The van der Waals surface area contributed by atoms with Crippen molar-refractivity contribution in [1.82, 2.24) is 10.2 Å². The van der Waals surface area contributed by atoms with Gasteiger partial charge in [0.1, 0.15) is 6.04 Å². The lowest BCUT2D eigenvalue weighted by Crippen LogP contribution is -2.50. The second-order valence-corrected chi connectivity index (χ2v) is 5.20. The van der Waals surface area contributed by atoms with Crippen LogP contribution in [0.15, 0.2) is 0 Å². The van der Waals surface area contributed by atoms with Crippen molar-refractivity contribution in [3.05, 3.63) is 0 Å². The fourth-order valence-electron chi connectivity index (χ4n) is 2.23. The van der Waals surface area contributed by atoms with Gasteiger partial charge in [-0.1, -0.05) is 13.8 Å². The molecule has 0 bridgehead atoms. The van der Waals surface area contributed by atoms with E-state index in [1.54, 1.807) is 0 Å². The van der Waals surface area contributed by atoms with Crippen LogP contribution in [0, 0.1) is 5.92 Å². The van der Waals surface area contributed by atoms with Crippen LogP contribution in [0.3, 0.4) is 0 Å². The molecule has 5 nitrogen and oxygen atoms in total. The number of ether oxygens (including phenoxy) is 1. The summed E-state index contributed by atoms with van der Waals surface area (Å²) < 4.78 is 4.58. The number of rotatable bonds is 4. The van der Waals surface area contributed by atoms with Crippen molar-refractivity contribution in [2.45, 2.75) is 45.6 Å². The maximum Gasteiger partial charge on any atom is 0.407 e. The molecule has 1 rings (SSSR count). The Hall–Kier alpha value is -1.26. The summed E-state index contributed by atoms with van der Waals surface area (Å²) in [6, 6.07) is -0.462. The van der Waals surface area contributed by atoms with Gasteiger partial charge in [-0.25, -0.2) is 4.79 Å². The van der Waals surface area contributed by atoms with E-state index < -0.39 is 12.1 Å². The summed E-state index contributed by atoms with van der Waals surface area (Å²) >= 11 is 0. The smallest absolute Gasteiger partial charge is 0.407 e. The minimum absolute atomic E-state index is 0.0220. The molecule has 0 aromatic rings. The lowest BCUT2D eigenvalue weighted by Gasteiger charge is -2.31. The molecule has 104 valence electrons. The Labute approximate surface area is 109 Å². The van der Waals surface area contributed by atoms with Gasteiger partial charge < -0.3 is 15.0 Å². The number of carbonyl (C=O) groups is 2. The van der Waals surface area contributed by atoms with Crippen LogP contribution in [0.4, 0.5) is 4.79 Å². The van der Waals surface area contributed by atoms with Crippen molar-refractivity contribution in [1.29, 1.82) is 0 Å². The molecule has 1 atom stereocenters. The van der Waals surface area contributed by atoms with Gasteiger partial charge in [-0.15, -0.1) is 0 Å². The van der Waals surface area contributed by atoms with Crippen molar-refractivity contribution in [3.63, 3.8) is 0 Å². The molecule has 0 radical (unpaired) electrons. The number of alkyl carbamates (subject to hydrolysis) is 1. The highest BCUT2D eigenvalue weighted by Gasteiger charge is 2.27. The van der Waals surface area contributed by atoms with E-state index in [1.165, 1.54) is 13.5 Å². The summed E-state index contributed by atoms with van der Waals surface area (Å²) in [6.45, 7) is 5.68. The van der Waals surface area contributed by atoms with Gasteiger partial charge in [0.05, 0.1) is 7.11 Å². The normalized spacial score (nSPS) is 17.4. The Kier molecular flexibility index (Phi) is 5.95. The lowest BCUT2D eigenvalue weighted by molar-refractivity contribution is -0.134. The van der Waals surface area contributed by atoms with E-state index in [9.17, 15) is 9.59 Å². The van der Waals surface area contributed by atoms with E-state index in [4.69, 9.17) is 0 Å². The van der Waals surface area contributed by atoms with Crippen molar-refractivity contribution in [2.75, 3.05) is 20.2 Å². The van der Waals surface area contributed by atoms with Gasteiger partial charge >= 0.3 is 6.09 Å². The molecule has 0 aliphatic carbocycles. The molecule has 1 aliphatic rings. The molecular formula is C13H24N2O3. The first-order valence-electron chi connectivity index (χ1n) is 6.68. The number of nitrogens with zero attached hydrogens (tertiary/aromatic N) is 1. The first-order valence-corrected chi connectivity index (χ1v) is 6.68. The topological polar surface area (TPSA) is 58.6 Å². The van der Waals surface area contributed by atoms with Crippen LogP contribution in [0.1, 0.15) is 39.5 Å². The first-order chi connectivity index (χ1) is 8.54. The number of piperidine rings is 1. The number of carbonyl (C=O) groups excluding carboxylic acids is 2. The highest BCUT2D eigenvalue weighted by Crippen LogP contribution is 2.13. The Morgan fingerprint density at radius 3 is 2.33 bits per heavy atom. The molecule has 1 aliphatic heterocycles. The van der Waals surface area contributed by atoms with E-state index in [0.717, 1.165) is 25.9 Å². The molecule has 5 heteroatoms. The van der Waals surface area contributed by atoms with Crippen LogP contribution >= 0.6 is 0 Å². The van der Waals surface area contributed by atoms with Crippen LogP contribution in [0.25, 0.3) is 0 Å². The number of methoxy groups -OCH3 is 1. The van der Waals surface area contributed by atoms with Gasteiger partial charge in [0, 0.05) is 13.1 Å². The predicted molar refractivity (Wildman–Crippen MR) is 69.2 cm³/mol. The minimum Gasteiger partial charge on any atom is -0.453 e. The van der Waals surface area contributed by atoms with E-state index in [2.05, 4.69) is 10.1 Å². The molecule has 18 heavy (non-hydrogen) atoms. The number of amides is 2. The third-order valence-electron chi connectivity index (χ3n) is 3.15. The Bertz CT molecular complexity index is 286. The highest BCUT2D eigenvalue weighted by molar-refractivity contribution is 5.85. The molecule has 1 fully saturated rings. The maximum absolute atomic E-state index is 12.3. The number of hydrogen-bond acceptors (Lipinski definition) is 3. The monoisotopic (exact) mass is 256 g/mol. The molecule has 0 aromatic carbocycles. The number of nitrogens with one attached hydrogen (secondary N) is 1. The van der Waals surface area contributed by atoms with Gasteiger partial charge in [0.25, 0.3) is 0 Å². The van der Waals surface area contributed by atoms with E-state index in [-0.39, 0.29) is 5.91 Å². The largest absolute Gasteiger partial charge is 0.453 e. The highest BCUT2D eigenvalue weighted by atomic mass is 16.5. The van der Waals surface area contributed by atoms with Crippen molar-refractivity contribution < 1.29 is 14.3 Å². The first kappa shape index (κ1) is 14.8. The second-order valence-electron chi connectivity index (χ2n) is 5.20. The summed E-state index contributed by atoms with van der Waals surface area (Å²) in [5, 5.41) is 2.64. The van der Waals surface area contributed by atoms with Gasteiger partial charge in [-0.3, -0.25) is 4.79 Å². The number of likely N-dealkylation sites (tertiary alicyclic amines) is 1. The standard InChI is InChI=1S/C13H24N2O3/c1-10(2)9-11(14-13(17)18-3)12(16)15-7-5-4-6-8-15/h10-11H,4-9H2,1-3H3,(H,14,17)/t11-/m1/s1. The molecule has 2 amide bonds. The maximum atomic E-state index is 12.3. The van der Waals surface area contributed by atoms with E-state index in [1.807, 2.05) is 18.7 Å². The zero-order valence-electron chi connectivity index (χ0n) is 11.6. The summed E-state index contributed by atoms with van der Waals surface area (Å²) in [7, 11) is 1.31. The number of hydrogen-bond donors (Lipinski definition) is 1. The van der Waals surface area contributed by atoms with Gasteiger partial charge in [-0.05, 0) is 31.6 Å². The Morgan fingerprint density at radius 2 is 1.83 bits per heavy atom. The van der Waals surface area contributed by atoms with E-state index >= 15 is 0 Å². The minimum atomic E-state index is -0.536. The second kappa shape index (κ2) is 7.24. The fraction of sp³-hybridized carbons (Fsp3) is 0.846. The molecule has 0 spiro atoms. The molecule has 0 saturated carbocycles. The molecule has 1 N–H and O–H groups in total. The summed E-state index contributed by atoms with van der Waals surface area (Å²) in [5.41, 5.74) is 0. The molecule has 0 aromatic heterocycles. The van der Waals surface area contributed by atoms with E-state index in [0.29, 0.717) is 12.3 Å². The quantitative estimate of drug-likeness (QED) is 0.834. The fourth-order valence-corrected chi connectivity index (χ4v) is 2.23. The molecule has 0 unspecified atom stereocenters. The van der Waals surface area contributed by atoms with Gasteiger partial charge in [0.2, 0.25) is 5.91 Å². The summed E-state index contributed by atoms with van der Waals surface area (Å²) in [5.74, 6) is 0.370. The average molecular weight is 256 g/mol. The molecular weight excluding hydrogens is 232 g/mol. The van der Waals surface area contributed by atoms with Crippen molar-refractivity contribution >= 4 is 12.0 Å². The lowest BCUT2D eigenvalue weighted by atomic mass is 10.0. The third-order valence-corrected chi connectivity index (χ3v) is 3.15. The van der Waals surface area contributed by atoms with Gasteiger partial charge in [-0.2, -0.15) is 0 Å². The van der Waals surface area contributed by atoms with Crippen LogP contribution in [-0.2, 0) is 9.53 Å².